The van der Waals surface area contributed by atoms with Crippen LogP contribution in [0, 0.1) is 6.92 Å². The van der Waals surface area contributed by atoms with Crippen molar-refractivity contribution < 1.29 is 4.79 Å². The smallest absolute Gasteiger partial charge is 0.319 e. The fourth-order valence-electron chi connectivity index (χ4n) is 2.48. The lowest BCUT2D eigenvalue weighted by Crippen LogP contribution is -2.35. The molecule has 0 saturated carbocycles. The Morgan fingerprint density at radius 2 is 1.92 bits per heavy atom. The quantitative estimate of drug-likeness (QED) is 0.755. The molecule has 0 atom stereocenters. The minimum Gasteiger partial charge on any atom is -0.351 e. The van der Waals surface area contributed by atoms with E-state index in [1.165, 1.54) is 4.90 Å². The zero-order valence-electron chi connectivity index (χ0n) is 12.8. The second-order valence-electron chi connectivity index (χ2n) is 5.37. The van der Waals surface area contributed by atoms with E-state index in [0.717, 1.165) is 16.6 Å². The summed E-state index contributed by atoms with van der Waals surface area (Å²) in [6.45, 7) is 2.11. The molecule has 0 aliphatic carbocycles. The van der Waals surface area contributed by atoms with Crippen LogP contribution in [-0.4, -0.2) is 16.2 Å². The van der Waals surface area contributed by atoms with Crippen molar-refractivity contribution in [1.29, 1.82) is 0 Å². The maximum atomic E-state index is 12.0. The average Bonchev–Trinajstić information content (AvgIpc) is 2.55. The summed E-state index contributed by atoms with van der Waals surface area (Å²) in [6.07, 6.45) is 0. The Morgan fingerprint density at radius 3 is 2.62 bits per heavy atom. The molecule has 3 rings (SSSR count). The fourth-order valence-corrected chi connectivity index (χ4v) is 2.81. The van der Waals surface area contributed by atoms with Gasteiger partial charge in [0, 0.05) is 5.39 Å². The second kappa shape index (κ2) is 6.63. The topological polar surface area (TPSA) is 72.1 Å². The van der Waals surface area contributed by atoms with Crippen LogP contribution < -0.4 is 10.6 Å². The number of fused-ring (bicyclic) bond motifs is 1. The molecule has 24 heavy (non-hydrogen) atoms. The van der Waals surface area contributed by atoms with Crippen LogP contribution in [0.25, 0.3) is 10.9 Å². The number of carbonyl (C=O) groups is 1. The van der Waals surface area contributed by atoms with Crippen LogP contribution in [-0.2, 0) is 6.54 Å². The predicted octanol–water partition coefficient (Wildman–Crippen LogP) is 4.33. The van der Waals surface area contributed by atoms with Crippen LogP contribution in [0.15, 0.2) is 42.5 Å². The SMILES string of the molecule is Cc1cc2c(N(Cc3ccc(Cl)c(Cl)c3)C(N)=O)cccc2nn1. The Kier molecular flexibility index (Phi) is 4.55. The van der Waals surface area contributed by atoms with Crippen molar-refractivity contribution in [2.24, 2.45) is 5.73 Å². The number of anilines is 1. The third kappa shape index (κ3) is 3.27. The van der Waals surface area contributed by atoms with E-state index in [2.05, 4.69) is 10.2 Å². The predicted molar refractivity (Wildman–Crippen MR) is 96.5 cm³/mol. The first kappa shape index (κ1) is 16.5. The first-order valence-electron chi connectivity index (χ1n) is 7.19. The maximum absolute atomic E-state index is 12.0. The molecule has 0 aliphatic heterocycles. The normalized spacial score (nSPS) is 10.8. The van der Waals surface area contributed by atoms with Crippen LogP contribution in [0.1, 0.15) is 11.3 Å². The molecule has 7 heteroatoms. The van der Waals surface area contributed by atoms with E-state index in [1.807, 2.05) is 31.2 Å². The number of nitrogens with zero attached hydrogens (tertiary/aromatic N) is 3. The fraction of sp³-hybridized carbons (Fsp3) is 0.118. The number of rotatable bonds is 3. The zero-order chi connectivity index (χ0) is 17.3. The highest BCUT2D eigenvalue weighted by molar-refractivity contribution is 6.42. The number of nitrogens with two attached hydrogens (primary N) is 1. The van der Waals surface area contributed by atoms with Gasteiger partial charge in [0.1, 0.15) is 0 Å². The van der Waals surface area contributed by atoms with Crippen molar-refractivity contribution in [3.8, 4) is 0 Å². The van der Waals surface area contributed by atoms with Gasteiger partial charge in [-0.3, -0.25) is 4.90 Å². The number of amides is 2. The Labute approximate surface area is 149 Å². The number of aromatic nitrogens is 2. The Bertz CT molecular complexity index is 930. The second-order valence-corrected chi connectivity index (χ2v) is 6.18. The van der Waals surface area contributed by atoms with E-state index in [0.29, 0.717) is 21.2 Å². The summed E-state index contributed by atoms with van der Waals surface area (Å²) in [5.74, 6) is 0. The molecule has 1 aromatic heterocycles. The first-order valence-corrected chi connectivity index (χ1v) is 7.95. The molecule has 0 bridgehead atoms. The average molecular weight is 361 g/mol. The molecule has 2 N–H and O–H groups in total. The van der Waals surface area contributed by atoms with Crippen molar-refractivity contribution in [2.45, 2.75) is 13.5 Å². The van der Waals surface area contributed by atoms with Crippen molar-refractivity contribution in [3.63, 3.8) is 0 Å². The van der Waals surface area contributed by atoms with Gasteiger partial charge in [0.2, 0.25) is 0 Å². The minimum absolute atomic E-state index is 0.271. The van der Waals surface area contributed by atoms with Gasteiger partial charge >= 0.3 is 6.03 Å². The summed E-state index contributed by atoms with van der Waals surface area (Å²) < 4.78 is 0. The molecule has 0 saturated heterocycles. The van der Waals surface area contributed by atoms with Crippen LogP contribution in [0.4, 0.5) is 10.5 Å². The van der Waals surface area contributed by atoms with Crippen molar-refractivity contribution in [3.05, 3.63) is 63.8 Å². The summed E-state index contributed by atoms with van der Waals surface area (Å²) >= 11 is 12.0. The Morgan fingerprint density at radius 1 is 1.12 bits per heavy atom. The summed E-state index contributed by atoms with van der Waals surface area (Å²) in [6, 6.07) is 12.0. The summed E-state index contributed by atoms with van der Waals surface area (Å²) in [5, 5.41) is 9.89. The lowest BCUT2D eigenvalue weighted by atomic mass is 10.1. The molecule has 5 nitrogen and oxygen atoms in total. The van der Waals surface area contributed by atoms with Crippen LogP contribution in [0.2, 0.25) is 10.0 Å². The molecule has 0 unspecified atom stereocenters. The van der Waals surface area contributed by atoms with Crippen molar-refractivity contribution in [2.75, 3.05) is 4.90 Å². The monoisotopic (exact) mass is 360 g/mol. The van der Waals surface area contributed by atoms with E-state index in [9.17, 15) is 4.79 Å². The Hall–Kier alpha value is -2.37. The molecule has 2 amide bonds. The number of halogens is 2. The summed E-state index contributed by atoms with van der Waals surface area (Å²) in [7, 11) is 0. The third-order valence-corrected chi connectivity index (χ3v) is 4.35. The lowest BCUT2D eigenvalue weighted by molar-refractivity contribution is 0.253. The number of hydrogen-bond acceptors (Lipinski definition) is 3. The van der Waals surface area contributed by atoms with E-state index in [1.54, 1.807) is 18.2 Å². The third-order valence-electron chi connectivity index (χ3n) is 3.61. The maximum Gasteiger partial charge on any atom is 0.319 e. The van der Waals surface area contributed by atoms with E-state index in [4.69, 9.17) is 28.9 Å². The van der Waals surface area contributed by atoms with Gasteiger partial charge in [0.25, 0.3) is 0 Å². The minimum atomic E-state index is -0.567. The number of primary amides is 1. The summed E-state index contributed by atoms with van der Waals surface area (Å²) in [4.78, 5) is 13.5. The van der Waals surface area contributed by atoms with Gasteiger partial charge in [0.05, 0.1) is 33.5 Å². The molecular weight excluding hydrogens is 347 g/mol. The molecule has 122 valence electrons. The summed E-state index contributed by atoms with van der Waals surface area (Å²) in [5.41, 5.74) is 8.55. The highest BCUT2D eigenvalue weighted by Crippen LogP contribution is 2.29. The number of hydrogen-bond donors (Lipinski definition) is 1. The van der Waals surface area contributed by atoms with Gasteiger partial charge < -0.3 is 5.73 Å². The van der Waals surface area contributed by atoms with Crippen LogP contribution in [0.3, 0.4) is 0 Å². The highest BCUT2D eigenvalue weighted by atomic mass is 35.5. The molecule has 0 radical (unpaired) electrons. The van der Waals surface area contributed by atoms with Gasteiger partial charge in [-0.25, -0.2) is 4.79 Å². The van der Waals surface area contributed by atoms with Gasteiger partial charge in [-0.1, -0.05) is 35.3 Å². The number of carbonyl (C=O) groups excluding carboxylic acids is 1. The largest absolute Gasteiger partial charge is 0.351 e. The van der Waals surface area contributed by atoms with Crippen LogP contribution >= 0.6 is 23.2 Å². The van der Waals surface area contributed by atoms with E-state index in [-0.39, 0.29) is 6.54 Å². The van der Waals surface area contributed by atoms with Crippen molar-refractivity contribution in [1.82, 2.24) is 10.2 Å². The molecule has 1 heterocycles. The van der Waals surface area contributed by atoms with Gasteiger partial charge in [0.15, 0.2) is 0 Å². The molecule has 0 aliphatic rings. The van der Waals surface area contributed by atoms with E-state index >= 15 is 0 Å². The zero-order valence-corrected chi connectivity index (χ0v) is 14.3. The van der Waals surface area contributed by atoms with Crippen LogP contribution in [0.5, 0.6) is 0 Å². The molecule has 0 spiro atoms. The lowest BCUT2D eigenvalue weighted by Gasteiger charge is -2.22. The highest BCUT2D eigenvalue weighted by Gasteiger charge is 2.17. The molecule has 3 aromatic rings. The number of benzene rings is 2. The first-order chi connectivity index (χ1) is 11.5. The van der Waals surface area contributed by atoms with Gasteiger partial charge in [-0.2, -0.15) is 10.2 Å². The molecular formula is C17H14Cl2N4O. The standard InChI is InChI=1S/C17H14Cl2N4O/c1-10-7-12-15(22-21-10)3-2-4-16(12)23(17(20)24)9-11-5-6-13(18)14(19)8-11/h2-8H,9H2,1H3,(H2,20,24). The van der Waals surface area contributed by atoms with Gasteiger partial charge in [-0.15, -0.1) is 0 Å². The Balaban J connectivity index is 2.07. The van der Waals surface area contributed by atoms with Gasteiger partial charge in [-0.05, 0) is 42.8 Å². The molecule has 0 fully saturated rings. The number of urea groups is 1. The van der Waals surface area contributed by atoms with E-state index < -0.39 is 6.03 Å². The number of aryl methyl sites for hydroxylation is 1. The van der Waals surface area contributed by atoms with Crippen molar-refractivity contribution >= 4 is 45.8 Å². The molecule has 2 aromatic carbocycles.